The number of nitrogens with one attached hydrogen (secondary N) is 1. The average Bonchev–Trinajstić information content (AvgIpc) is 3.17. The third-order valence-electron chi connectivity index (χ3n) is 5.17. The maximum Gasteiger partial charge on any atom is 0.229 e. The van der Waals surface area contributed by atoms with Crippen molar-refractivity contribution >= 4 is 29.1 Å². The Morgan fingerprint density at radius 1 is 1.35 bits per heavy atom. The van der Waals surface area contributed by atoms with Gasteiger partial charge in [0.15, 0.2) is 0 Å². The highest BCUT2D eigenvalue weighted by molar-refractivity contribution is 6.31. The van der Waals surface area contributed by atoms with Gasteiger partial charge in [0.25, 0.3) is 0 Å². The lowest BCUT2D eigenvalue weighted by Crippen LogP contribution is -2.30. The summed E-state index contributed by atoms with van der Waals surface area (Å²) < 4.78 is 11.4. The van der Waals surface area contributed by atoms with Gasteiger partial charge in [-0.1, -0.05) is 11.6 Å². The lowest BCUT2D eigenvalue weighted by Gasteiger charge is -2.17. The number of hydrogen-bond acceptors (Lipinski definition) is 4. The molecular weight excluding hydrogens is 356 g/mol. The molecule has 4 rings (SSSR count). The lowest BCUT2D eigenvalue weighted by atomic mass is 10.1. The summed E-state index contributed by atoms with van der Waals surface area (Å²) in [5.41, 5.74) is 0.540. The quantitative estimate of drug-likeness (QED) is 0.826. The number of anilines is 1. The maximum absolute atomic E-state index is 12.7. The first-order valence-electron chi connectivity index (χ1n) is 9.24. The van der Waals surface area contributed by atoms with E-state index in [-0.39, 0.29) is 30.3 Å². The zero-order chi connectivity index (χ0) is 18.1. The van der Waals surface area contributed by atoms with Crippen molar-refractivity contribution in [3.05, 3.63) is 23.2 Å². The fourth-order valence-electron chi connectivity index (χ4n) is 3.57. The molecule has 2 aliphatic heterocycles. The zero-order valence-electron chi connectivity index (χ0n) is 14.6. The van der Waals surface area contributed by atoms with E-state index in [9.17, 15) is 9.59 Å². The molecule has 26 heavy (non-hydrogen) atoms. The summed E-state index contributed by atoms with van der Waals surface area (Å²) in [7, 11) is 0. The number of amides is 2. The summed E-state index contributed by atoms with van der Waals surface area (Å²) >= 11 is 6.09. The first-order chi connectivity index (χ1) is 12.6. The van der Waals surface area contributed by atoms with Crippen LogP contribution in [0.3, 0.4) is 0 Å². The smallest absolute Gasteiger partial charge is 0.229 e. The van der Waals surface area contributed by atoms with Crippen LogP contribution in [0.5, 0.6) is 5.75 Å². The number of nitrogens with zero attached hydrogens (tertiary/aromatic N) is 1. The standard InChI is InChI=1S/C19H23ClN2O4/c20-13-3-6-17(26-11-15-2-1-7-25-15)16(9-13)21-19(24)12-8-18(23)22(10-12)14-4-5-14/h3,6,9,12,14-15H,1-2,4-5,7-8,10-11H2,(H,21,24)/t12-,15+/m0/s1. The van der Waals surface area contributed by atoms with E-state index in [0.29, 0.717) is 35.7 Å². The van der Waals surface area contributed by atoms with E-state index in [0.717, 1.165) is 32.3 Å². The van der Waals surface area contributed by atoms with Crippen molar-refractivity contribution in [2.45, 2.75) is 44.2 Å². The predicted octanol–water partition coefficient (Wildman–Crippen LogP) is 2.85. The molecule has 0 bridgehead atoms. The van der Waals surface area contributed by atoms with Gasteiger partial charge >= 0.3 is 0 Å². The highest BCUT2D eigenvalue weighted by Crippen LogP contribution is 2.34. The van der Waals surface area contributed by atoms with E-state index < -0.39 is 0 Å². The monoisotopic (exact) mass is 378 g/mol. The number of ether oxygens (including phenoxy) is 2. The summed E-state index contributed by atoms with van der Waals surface area (Å²) in [5, 5.41) is 3.42. The molecule has 1 saturated carbocycles. The number of rotatable bonds is 6. The van der Waals surface area contributed by atoms with Crippen LogP contribution in [0.15, 0.2) is 18.2 Å². The van der Waals surface area contributed by atoms with E-state index in [4.69, 9.17) is 21.1 Å². The molecule has 2 heterocycles. The first-order valence-corrected chi connectivity index (χ1v) is 9.62. The maximum atomic E-state index is 12.7. The second kappa shape index (κ2) is 7.45. The van der Waals surface area contributed by atoms with E-state index >= 15 is 0 Å². The van der Waals surface area contributed by atoms with Crippen molar-refractivity contribution in [3.63, 3.8) is 0 Å². The van der Waals surface area contributed by atoms with E-state index in [1.807, 2.05) is 4.90 Å². The van der Waals surface area contributed by atoms with Gasteiger partial charge < -0.3 is 19.7 Å². The molecule has 3 aliphatic rings. The Hall–Kier alpha value is -1.79. The molecule has 140 valence electrons. The molecule has 2 saturated heterocycles. The van der Waals surface area contributed by atoms with Crippen molar-refractivity contribution in [1.82, 2.24) is 4.90 Å². The molecule has 1 N–H and O–H groups in total. The Labute approximate surface area is 157 Å². The van der Waals surface area contributed by atoms with Crippen LogP contribution in [0.2, 0.25) is 5.02 Å². The predicted molar refractivity (Wildman–Crippen MR) is 97.4 cm³/mol. The molecule has 6 nitrogen and oxygen atoms in total. The summed E-state index contributed by atoms with van der Waals surface area (Å²) in [5.74, 6) is 0.161. The molecule has 0 unspecified atom stereocenters. The third kappa shape index (κ3) is 3.96. The number of benzene rings is 1. The van der Waals surface area contributed by atoms with Crippen molar-refractivity contribution in [2.24, 2.45) is 5.92 Å². The van der Waals surface area contributed by atoms with Gasteiger partial charge in [0.05, 0.1) is 17.7 Å². The van der Waals surface area contributed by atoms with Crippen LogP contribution in [0.25, 0.3) is 0 Å². The number of likely N-dealkylation sites (tertiary alicyclic amines) is 1. The third-order valence-corrected chi connectivity index (χ3v) is 5.40. The van der Waals surface area contributed by atoms with Gasteiger partial charge in [-0.05, 0) is 43.9 Å². The molecule has 2 amide bonds. The second-order valence-corrected chi connectivity index (χ2v) is 7.69. The molecule has 2 atom stereocenters. The molecule has 3 fully saturated rings. The number of halogens is 1. The van der Waals surface area contributed by atoms with E-state index in [2.05, 4.69) is 5.32 Å². The van der Waals surface area contributed by atoms with Gasteiger partial charge in [-0.25, -0.2) is 0 Å². The number of carbonyl (C=O) groups excluding carboxylic acids is 2. The molecule has 1 aromatic carbocycles. The van der Waals surface area contributed by atoms with Crippen LogP contribution in [-0.2, 0) is 14.3 Å². The van der Waals surface area contributed by atoms with Crippen LogP contribution < -0.4 is 10.1 Å². The van der Waals surface area contributed by atoms with Crippen LogP contribution in [-0.4, -0.2) is 48.6 Å². The minimum atomic E-state index is -0.326. The summed E-state index contributed by atoms with van der Waals surface area (Å²) in [6.45, 7) is 1.72. The van der Waals surface area contributed by atoms with Gasteiger partial charge in [0.1, 0.15) is 12.4 Å². The van der Waals surface area contributed by atoms with Crippen LogP contribution >= 0.6 is 11.6 Å². The fraction of sp³-hybridized carbons (Fsp3) is 0.579. The zero-order valence-corrected chi connectivity index (χ0v) is 15.3. The van der Waals surface area contributed by atoms with Crippen molar-refractivity contribution in [2.75, 3.05) is 25.1 Å². The summed E-state index contributed by atoms with van der Waals surface area (Å²) in [4.78, 5) is 26.6. The Morgan fingerprint density at radius 3 is 2.92 bits per heavy atom. The Balaban J connectivity index is 1.40. The van der Waals surface area contributed by atoms with E-state index in [1.54, 1.807) is 18.2 Å². The minimum Gasteiger partial charge on any atom is -0.489 e. The highest BCUT2D eigenvalue weighted by atomic mass is 35.5. The number of hydrogen-bond donors (Lipinski definition) is 1. The van der Waals surface area contributed by atoms with Gasteiger partial charge in [-0.2, -0.15) is 0 Å². The van der Waals surface area contributed by atoms with Crippen molar-refractivity contribution in [1.29, 1.82) is 0 Å². The van der Waals surface area contributed by atoms with Gasteiger partial charge in [0.2, 0.25) is 11.8 Å². The summed E-state index contributed by atoms with van der Waals surface area (Å²) in [6.07, 6.45) is 4.50. The first kappa shape index (κ1) is 17.6. The highest BCUT2D eigenvalue weighted by Gasteiger charge is 2.41. The van der Waals surface area contributed by atoms with Crippen LogP contribution in [0.1, 0.15) is 32.1 Å². The summed E-state index contributed by atoms with van der Waals surface area (Å²) in [6, 6.07) is 5.51. The molecule has 7 heteroatoms. The van der Waals surface area contributed by atoms with Crippen LogP contribution in [0, 0.1) is 5.92 Å². The SMILES string of the molecule is O=C(Nc1cc(Cl)ccc1OC[C@H]1CCCO1)[C@H]1CC(=O)N(C2CC2)C1. The molecule has 0 aromatic heterocycles. The molecule has 1 aromatic rings. The van der Waals surface area contributed by atoms with Crippen molar-refractivity contribution in [3.8, 4) is 5.75 Å². The Morgan fingerprint density at radius 2 is 2.19 bits per heavy atom. The second-order valence-electron chi connectivity index (χ2n) is 7.25. The Bertz CT molecular complexity index is 701. The minimum absolute atomic E-state index is 0.0774. The fourth-order valence-corrected chi connectivity index (χ4v) is 3.74. The largest absolute Gasteiger partial charge is 0.489 e. The van der Waals surface area contributed by atoms with E-state index in [1.165, 1.54) is 0 Å². The topological polar surface area (TPSA) is 67.9 Å². The average molecular weight is 379 g/mol. The van der Waals surface area contributed by atoms with Gasteiger partial charge in [-0.15, -0.1) is 0 Å². The lowest BCUT2D eigenvalue weighted by molar-refractivity contribution is -0.128. The van der Waals surface area contributed by atoms with Crippen LogP contribution in [0.4, 0.5) is 5.69 Å². The molecular formula is C19H23ClN2O4. The van der Waals surface area contributed by atoms with Crippen molar-refractivity contribution < 1.29 is 19.1 Å². The normalized spacial score (nSPS) is 25.6. The Kier molecular flexibility index (Phi) is 5.05. The van der Waals surface area contributed by atoms with Gasteiger partial charge in [0, 0.05) is 30.6 Å². The van der Waals surface area contributed by atoms with Gasteiger partial charge in [-0.3, -0.25) is 9.59 Å². The number of carbonyl (C=O) groups is 2. The molecule has 1 aliphatic carbocycles. The molecule has 0 radical (unpaired) electrons. The molecule has 0 spiro atoms.